The van der Waals surface area contributed by atoms with Crippen molar-refractivity contribution in [3.63, 3.8) is 0 Å². The zero-order valence-corrected chi connectivity index (χ0v) is 13.7. The van der Waals surface area contributed by atoms with Gasteiger partial charge >= 0.3 is 0 Å². The highest BCUT2D eigenvalue weighted by molar-refractivity contribution is 9.10. The zero-order valence-electron chi connectivity index (χ0n) is 11.4. The molecule has 3 nitrogen and oxygen atoms in total. The highest BCUT2D eigenvalue weighted by Crippen LogP contribution is 2.33. The smallest absolute Gasteiger partial charge is 0.256 e. The molecule has 2 aromatic rings. The molecule has 0 atom stereocenters. The van der Waals surface area contributed by atoms with Gasteiger partial charge in [0.25, 0.3) is 5.91 Å². The second-order valence-electron chi connectivity index (χ2n) is 4.93. The molecule has 108 valence electrons. The van der Waals surface area contributed by atoms with Crippen LogP contribution < -0.4 is 4.74 Å². The number of hydrogen-bond acceptors (Lipinski definition) is 2. The fraction of sp³-hybridized carbons (Fsp3) is 0.188. The Morgan fingerprint density at radius 1 is 1.29 bits per heavy atom. The van der Waals surface area contributed by atoms with Crippen molar-refractivity contribution in [1.29, 1.82) is 0 Å². The van der Waals surface area contributed by atoms with Crippen molar-refractivity contribution in [3.05, 3.63) is 62.6 Å². The van der Waals surface area contributed by atoms with Crippen molar-refractivity contribution in [2.75, 3.05) is 7.11 Å². The van der Waals surface area contributed by atoms with Crippen molar-refractivity contribution in [3.8, 4) is 5.75 Å². The van der Waals surface area contributed by atoms with Crippen LogP contribution in [0.5, 0.6) is 5.75 Å². The van der Waals surface area contributed by atoms with Gasteiger partial charge in [-0.25, -0.2) is 0 Å². The molecule has 2 aromatic carbocycles. The number of halogens is 2. The molecule has 0 bridgehead atoms. The lowest BCUT2D eigenvalue weighted by molar-refractivity contribution is 0.0767. The molecule has 1 amide bonds. The lowest BCUT2D eigenvalue weighted by atomic mass is 10.1. The Balaban J connectivity index is 1.82. The monoisotopic (exact) mass is 365 g/mol. The van der Waals surface area contributed by atoms with E-state index in [0.717, 1.165) is 21.3 Å². The maximum Gasteiger partial charge on any atom is 0.256 e. The number of fused-ring (bicyclic) bond motifs is 1. The molecule has 1 aliphatic heterocycles. The summed E-state index contributed by atoms with van der Waals surface area (Å²) in [5.41, 5.74) is 2.65. The number of carbonyl (C=O) groups excluding carboxylic acids is 1. The molecular weight excluding hydrogens is 354 g/mol. The van der Waals surface area contributed by atoms with Gasteiger partial charge in [-0.3, -0.25) is 4.79 Å². The van der Waals surface area contributed by atoms with E-state index in [2.05, 4.69) is 15.9 Å². The predicted molar refractivity (Wildman–Crippen MR) is 85.7 cm³/mol. The van der Waals surface area contributed by atoms with Crippen LogP contribution >= 0.6 is 27.5 Å². The van der Waals surface area contributed by atoms with E-state index in [1.54, 1.807) is 18.1 Å². The number of ether oxygens (including phenoxy) is 1. The maximum atomic E-state index is 12.5. The lowest BCUT2D eigenvalue weighted by Crippen LogP contribution is -2.23. The topological polar surface area (TPSA) is 29.5 Å². The van der Waals surface area contributed by atoms with Crippen molar-refractivity contribution in [2.24, 2.45) is 0 Å². The highest BCUT2D eigenvalue weighted by Gasteiger charge is 2.29. The van der Waals surface area contributed by atoms with Gasteiger partial charge in [-0.15, -0.1) is 0 Å². The molecule has 21 heavy (non-hydrogen) atoms. The SMILES string of the molecule is COc1ccc(CN2Cc3cc(Br)cc(Cl)c3C2=O)cc1. The van der Waals surface area contributed by atoms with Crippen molar-refractivity contribution < 1.29 is 9.53 Å². The van der Waals surface area contributed by atoms with Crippen molar-refractivity contribution in [1.82, 2.24) is 4.90 Å². The van der Waals surface area contributed by atoms with E-state index in [-0.39, 0.29) is 5.91 Å². The van der Waals surface area contributed by atoms with E-state index in [1.807, 2.05) is 30.3 Å². The van der Waals surface area contributed by atoms with Gasteiger partial charge in [0.05, 0.1) is 17.7 Å². The van der Waals surface area contributed by atoms with Crippen LogP contribution in [0.1, 0.15) is 21.5 Å². The second-order valence-corrected chi connectivity index (χ2v) is 6.25. The van der Waals surface area contributed by atoms with Gasteiger partial charge in [0, 0.05) is 17.6 Å². The Morgan fingerprint density at radius 3 is 2.67 bits per heavy atom. The summed E-state index contributed by atoms with van der Waals surface area (Å²) in [7, 11) is 1.63. The minimum Gasteiger partial charge on any atom is -0.497 e. The van der Waals surface area contributed by atoms with Crippen LogP contribution in [0.4, 0.5) is 0 Å². The first kappa shape index (κ1) is 14.4. The quantitative estimate of drug-likeness (QED) is 0.812. The fourth-order valence-corrected chi connectivity index (χ4v) is 3.46. The molecule has 0 saturated heterocycles. The van der Waals surface area contributed by atoms with Crippen molar-refractivity contribution >= 4 is 33.4 Å². The maximum absolute atomic E-state index is 12.5. The van der Waals surface area contributed by atoms with E-state index in [0.29, 0.717) is 23.7 Å². The fourth-order valence-electron chi connectivity index (χ4n) is 2.51. The molecule has 0 fully saturated rings. The van der Waals surface area contributed by atoms with Gasteiger partial charge in [-0.1, -0.05) is 39.7 Å². The number of carbonyl (C=O) groups is 1. The Morgan fingerprint density at radius 2 is 2.00 bits per heavy atom. The number of nitrogens with zero attached hydrogens (tertiary/aromatic N) is 1. The van der Waals surface area contributed by atoms with Crippen LogP contribution in [0.3, 0.4) is 0 Å². The summed E-state index contributed by atoms with van der Waals surface area (Å²) in [6, 6.07) is 11.4. The first-order valence-electron chi connectivity index (χ1n) is 6.48. The van der Waals surface area contributed by atoms with Crippen LogP contribution in [-0.4, -0.2) is 17.9 Å². The molecule has 0 spiro atoms. The van der Waals surface area contributed by atoms with Gasteiger partial charge in [0.2, 0.25) is 0 Å². The van der Waals surface area contributed by atoms with Gasteiger partial charge < -0.3 is 9.64 Å². The highest BCUT2D eigenvalue weighted by atomic mass is 79.9. The molecule has 1 aliphatic rings. The molecular formula is C16H13BrClNO2. The average molecular weight is 367 g/mol. The molecule has 3 rings (SSSR count). The standard InChI is InChI=1S/C16H13BrClNO2/c1-21-13-4-2-10(3-5-13)8-19-9-11-6-12(17)7-14(18)15(11)16(19)20/h2-7H,8-9H2,1H3. The largest absolute Gasteiger partial charge is 0.497 e. The van der Waals surface area contributed by atoms with E-state index in [9.17, 15) is 4.79 Å². The number of rotatable bonds is 3. The Labute approximate surface area is 136 Å². The van der Waals surface area contributed by atoms with Gasteiger partial charge in [-0.05, 0) is 35.4 Å². The van der Waals surface area contributed by atoms with E-state index in [1.165, 1.54) is 0 Å². The number of methoxy groups -OCH3 is 1. The average Bonchev–Trinajstić information content (AvgIpc) is 2.76. The van der Waals surface area contributed by atoms with Crippen LogP contribution in [0, 0.1) is 0 Å². The Bertz CT molecular complexity index is 700. The number of amides is 1. The van der Waals surface area contributed by atoms with Gasteiger partial charge in [0.1, 0.15) is 5.75 Å². The third-order valence-corrected chi connectivity index (χ3v) is 4.29. The van der Waals surface area contributed by atoms with Crippen molar-refractivity contribution in [2.45, 2.75) is 13.1 Å². The number of hydrogen-bond donors (Lipinski definition) is 0. The summed E-state index contributed by atoms with van der Waals surface area (Å²) < 4.78 is 6.03. The minimum absolute atomic E-state index is 0.0154. The second kappa shape index (κ2) is 5.70. The van der Waals surface area contributed by atoms with Gasteiger partial charge in [0.15, 0.2) is 0 Å². The third kappa shape index (κ3) is 2.78. The van der Waals surface area contributed by atoms with Crippen LogP contribution in [-0.2, 0) is 13.1 Å². The molecule has 0 N–H and O–H groups in total. The molecule has 1 heterocycles. The summed E-state index contributed by atoms with van der Waals surface area (Å²) in [6.07, 6.45) is 0. The zero-order chi connectivity index (χ0) is 15.0. The molecule has 0 radical (unpaired) electrons. The first-order valence-corrected chi connectivity index (χ1v) is 7.65. The summed E-state index contributed by atoms with van der Waals surface area (Å²) in [4.78, 5) is 14.3. The van der Waals surface area contributed by atoms with Crippen LogP contribution in [0.2, 0.25) is 5.02 Å². The molecule has 0 saturated carbocycles. The van der Waals surface area contributed by atoms with E-state index < -0.39 is 0 Å². The molecule has 0 aliphatic carbocycles. The van der Waals surface area contributed by atoms with E-state index >= 15 is 0 Å². The van der Waals surface area contributed by atoms with Gasteiger partial charge in [-0.2, -0.15) is 0 Å². The predicted octanol–water partition coefficient (Wildman–Crippen LogP) is 4.27. The Hall–Kier alpha value is -1.52. The van der Waals surface area contributed by atoms with Crippen LogP contribution in [0.25, 0.3) is 0 Å². The minimum atomic E-state index is -0.0154. The summed E-state index contributed by atoms with van der Waals surface area (Å²) in [6.45, 7) is 1.14. The van der Waals surface area contributed by atoms with Crippen LogP contribution in [0.15, 0.2) is 40.9 Å². The molecule has 0 aromatic heterocycles. The Kier molecular flexibility index (Phi) is 3.91. The number of benzene rings is 2. The third-order valence-electron chi connectivity index (χ3n) is 3.53. The summed E-state index contributed by atoms with van der Waals surface area (Å²) >= 11 is 9.59. The summed E-state index contributed by atoms with van der Waals surface area (Å²) in [5, 5.41) is 0.501. The van der Waals surface area contributed by atoms with E-state index in [4.69, 9.17) is 16.3 Å². The first-order chi connectivity index (χ1) is 10.1. The lowest BCUT2D eigenvalue weighted by Gasteiger charge is -2.15. The summed E-state index contributed by atoms with van der Waals surface area (Å²) in [5.74, 6) is 0.792. The molecule has 0 unspecified atom stereocenters. The normalized spacial score (nSPS) is 13.5. The molecule has 5 heteroatoms.